The van der Waals surface area contributed by atoms with Gasteiger partial charge in [-0.3, -0.25) is 4.68 Å². The monoisotopic (exact) mass is 302 g/mol. The molecule has 1 aromatic heterocycles. The number of carbonyl (C=O) groups excluding carboxylic acids is 1. The molecular formula is C16H22N4O2. The third-order valence-electron chi connectivity index (χ3n) is 2.86. The van der Waals surface area contributed by atoms with E-state index in [1.165, 1.54) is 0 Å². The number of benzene rings is 1. The van der Waals surface area contributed by atoms with E-state index in [9.17, 15) is 4.79 Å². The van der Waals surface area contributed by atoms with Gasteiger partial charge in [-0.1, -0.05) is 12.1 Å². The number of anilines is 1. The van der Waals surface area contributed by atoms with Crippen molar-refractivity contribution in [1.82, 2.24) is 15.1 Å². The summed E-state index contributed by atoms with van der Waals surface area (Å²) in [6, 6.07) is 7.64. The molecule has 0 saturated carbocycles. The number of aromatic nitrogens is 2. The zero-order chi connectivity index (χ0) is 16.2. The molecule has 2 rings (SSSR count). The van der Waals surface area contributed by atoms with Crippen LogP contribution in [0.4, 0.5) is 10.5 Å². The molecule has 3 N–H and O–H groups in total. The first kappa shape index (κ1) is 15.9. The summed E-state index contributed by atoms with van der Waals surface area (Å²) < 4.78 is 6.94. The first-order valence-electron chi connectivity index (χ1n) is 7.19. The number of rotatable bonds is 4. The lowest BCUT2D eigenvalue weighted by atomic mass is 10.1. The second-order valence-electron chi connectivity index (χ2n) is 6.05. The number of hydrogen-bond acceptors (Lipinski definition) is 4. The summed E-state index contributed by atoms with van der Waals surface area (Å²) in [5, 5.41) is 6.98. The molecule has 0 bridgehead atoms. The Bertz CT molecular complexity index is 644. The molecule has 0 saturated heterocycles. The van der Waals surface area contributed by atoms with Crippen molar-refractivity contribution < 1.29 is 9.53 Å². The smallest absolute Gasteiger partial charge is 0.407 e. The molecule has 1 heterocycles. The fraction of sp³-hybridized carbons (Fsp3) is 0.375. The lowest BCUT2D eigenvalue weighted by Crippen LogP contribution is -2.34. The predicted molar refractivity (Wildman–Crippen MR) is 86.3 cm³/mol. The van der Waals surface area contributed by atoms with Crippen LogP contribution in [0.2, 0.25) is 0 Å². The van der Waals surface area contributed by atoms with E-state index in [0.717, 1.165) is 16.8 Å². The minimum atomic E-state index is -0.490. The number of nitrogens with one attached hydrogen (secondary N) is 1. The van der Waals surface area contributed by atoms with Crippen molar-refractivity contribution in [3.8, 4) is 11.1 Å². The molecule has 118 valence electrons. The quantitative estimate of drug-likeness (QED) is 0.851. The molecule has 0 spiro atoms. The van der Waals surface area contributed by atoms with Gasteiger partial charge in [-0.15, -0.1) is 0 Å². The van der Waals surface area contributed by atoms with E-state index in [-0.39, 0.29) is 0 Å². The molecule has 0 atom stereocenters. The Labute approximate surface area is 130 Å². The minimum absolute atomic E-state index is 0.421. The van der Waals surface area contributed by atoms with Crippen LogP contribution in [0.3, 0.4) is 0 Å². The van der Waals surface area contributed by atoms with Gasteiger partial charge in [0.15, 0.2) is 0 Å². The summed E-state index contributed by atoms with van der Waals surface area (Å²) in [5.41, 5.74) is 8.02. The van der Waals surface area contributed by atoms with Crippen LogP contribution in [-0.2, 0) is 11.3 Å². The van der Waals surface area contributed by atoms with E-state index in [1.54, 1.807) is 10.9 Å². The highest BCUT2D eigenvalue weighted by atomic mass is 16.6. The average molecular weight is 302 g/mol. The number of alkyl carbamates (subject to hydrolysis) is 1. The second kappa shape index (κ2) is 6.51. The molecule has 0 fully saturated rings. The van der Waals surface area contributed by atoms with Gasteiger partial charge >= 0.3 is 6.09 Å². The Kier molecular flexibility index (Phi) is 4.70. The topological polar surface area (TPSA) is 82.2 Å². The SMILES string of the molecule is CC(C)(C)OC(=O)NCCn1cc(-c2cccc(N)c2)cn1. The summed E-state index contributed by atoms with van der Waals surface area (Å²) in [4.78, 5) is 11.5. The van der Waals surface area contributed by atoms with E-state index in [4.69, 9.17) is 10.5 Å². The van der Waals surface area contributed by atoms with Crippen molar-refractivity contribution in [2.45, 2.75) is 32.9 Å². The van der Waals surface area contributed by atoms with Crippen LogP contribution in [0.25, 0.3) is 11.1 Å². The number of amides is 1. The fourth-order valence-electron chi connectivity index (χ4n) is 1.94. The Morgan fingerprint density at radius 1 is 1.36 bits per heavy atom. The Morgan fingerprint density at radius 2 is 2.14 bits per heavy atom. The van der Waals surface area contributed by atoms with Gasteiger partial charge in [0.05, 0.1) is 12.7 Å². The van der Waals surface area contributed by atoms with Gasteiger partial charge in [0.2, 0.25) is 0 Å². The van der Waals surface area contributed by atoms with Crippen molar-refractivity contribution in [3.63, 3.8) is 0 Å². The van der Waals surface area contributed by atoms with Gasteiger partial charge in [0.25, 0.3) is 0 Å². The van der Waals surface area contributed by atoms with Crippen LogP contribution < -0.4 is 11.1 Å². The molecular weight excluding hydrogens is 280 g/mol. The number of hydrogen-bond donors (Lipinski definition) is 2. The standard InChI is InChI=1S/C16H22N4O2/c1-16(2,3)22-15(21)18-7-8-20-11-13(10-19-20)12-5-4-6-14(17)9-12/h4-6,9-11H,7-8,17H2,1-3H3,(H,18,21). The largest absolute Gasteiger partial charge is 0.444 e. The number of carbonyl (C=O) groups is 1. The molecule has 0 aliphatic heterocycles. The van der Waals surface area contributed by atoms with E-state index < -0.39 is 11.7 Å². The van der Waals surface area contributed by atoms with Gasteiger partial charge in [0, 0.05) is 24.0 Å². The summed E-state index contributed by atoms with van der Waals surface area (Å²) in [5.74, 6) is 0. The van der Waals surface area contributed by atoms with Gasteiger partial charge in [-0.25, -0.2) is 4.79 Å². The molecule has 0 unspecified atom stereocenters. The van der Waals surface area contributed by atoms with Crippen LogP contribution in [0.15, 0.2) is 36.7 Å². The third-order valence-corrected chi connectivity index (χ3v) is 2.86. The molecule has 1 aromatic carbocycles. The van der Waals surface area contributed by atoms with Gasteiger partial charge < -0.3 is 15.8 Å². The average Bonchev–Trinajstić information content (AvgIpc) is 2.85. The predicted octanol–water partition coefficient (Wildman–Crippen LogP) is 2.66. The van der Waals surface area contributed by atoms with Crippen LogP contribution in [0, 0.1) is 0 Å². The van der Waals surface area contributed by atoms with Crippen molar-refractivity contribution in [1.29, 1.82) is 0 Å². The highest BCUT2D eigenvalue weighted by Crippen LogP contribution is 2.20. The zero-order valence-electron chi connectivity index (χ0n) is 13.2. The van der Waals surface area contributed by atoms with Gasteiger partial charge in [-0.2, -0.15) is 5.10 Å². The van der Waals surface area contributed by atoms with Gasteiger partial charge in [0.1, 0.15) is 5.60 Å². The van der Waals surface area contributed by atoms with Crippen molar-refractivity contribution in [2.24, 2.45) is 0 Å². The number of nitrogen functional groups attached to an aromatic ring is 1. The van der Waals surface area contributed by atoms with E-state index in [0.29, 0.717) is 13.1 Å². The number of nitrogens with two attached hydrogens (primary N) is 1. The Hall–Kier alpha value is -2.50. The summed E-state index contributed by atoms with van der Waals surface area (Å²) >= 11 is 0. The molecule has 22 heavy (non-hydrogen) atoms. The third kappa shape index (κ3) is 4.80. The molecule has 6 nitrogen and oxygen atoms in total. The maximum absolute atomic E-state index is 11.5. The lowest BCUT2D eigenvalue weighted by Gasteiger charge is -2.19. The molecule has 1 amide bonds. The second-order valence-corrected chi connectivity index (χ2v) is 6.05. The first-order chi connectivity index (χ1) is 10.3. The zero-order valence-corrected chi connectivity index (χ0v) is 13.2. The van der Waals surface area contributed by atoms with E-state index in [1.807, 2.05) is 51.2 Å². The lowest BCUT2D eigenvalue weighted by molar-refractivity contribution is 0.0525. The molecule has 0 aliphatic rings. The van der Waals surface area contributed by atoms with Crippen LogP contribution in [-0.4, -0.2) is 28.0 Å². The number of nitrogens with zero attached hydrogens (tertiary/aromatic N) is 2. The van der Waals surface area contributed by atoms with Crippen molar-refractivity contribution in [2.75, 3.05) is 12.3 Å². The van der Waals surface area contributed by atoms with E-state index >= 15 is 0 Å². The summed E-state index contributed by atoms with van der Waals surface area (Å²) in [6.07, 6.45) is 3.28. The molecule has 6 heteroatoms. The Morgan fingerprint density at radius 3 is 2.82 bits per heavy atom. The molecule has 0 aliphatic carbocycles. The normalized spacial score (nSPS) is 11.2. The highest BCUT2D eigenvalue weighted by molar-refractivity contribution is 5.67. The fourth-order valence-corrected chi connectivity index (χ4v) is 1.94. The maximum Gasteiger partial charge on any atom is 0.407 e. The van der Waals surface area contributed by atoms with Crippen LogP contribution in [0.1, 0.15) is 20.8 Å². The number of ether oxygens (including phenoxy) is 1. The van der Waals surface area contributed by atoms with Crippen LogP contribution in [0.5, 0.6) is 0 Å². The molecule has 2 aromatic rings. The van der Waals surface area contributed by atoms with Gasteiger partial charge in [-0.05, 0) is 38.5 Å². The van der Waals surface area contributed by atoms with Crippen molar-refractivity contribution >= 4 is 11.8 Å². The summed E-state index contributed by atoms with van der Waals surface area (Å²) in [7, 11) is 0. The first-order valence-corrected chi connectivity index (χ1v) is 7.19. The summed E-state index contributed by atoms with van der Waals surface area (Å²) in [6.45, 7) is 6.52. The highest BCUT2D eigenvalue weighted by Gasteiger charge is 2.15. The molecule has 0 radical (unpaired) electrons. The van der Waals surface area contributed by atoms with Crippen molar-refractivity contribution in [3.05, 3.63) is 36.7 Å². The van der Waals surface area contributed by atoms with E-state index in [2.05, 4.69) is 10.4 Å². The van der Waals surface area contributed by atoms with Crippen LogP contribution >= 0.6 is 0 Å². The minimum Gasteiger partial charge on any atom is -0.444 e. The maximum atomic E-state index is 11.5. The Balaban J connectivity index is 1.87.